The molecular formula is C21H40N4O4. The number of nitrogens with two attached hydrogens (primary N) is 1. The van der Waals surface area contributed by atoms with E-state index in [4.69, 9.17) is 5.73 Å². The van der Waals surface area contributed by atoms with Crippen molar-refractivity contribution in [3.8, 4) is 0 Å². The lowest BCUT2D eigenvalue weighted by molar-refractivity contribution is -0.134. The molecule has 1 aromatic rings. The molecule has 0 aliphatic rings. The van der Waals surface area contributed by atoms with Crippen molar-refractivity contribution in [2.24, 2.45) is 17.8 Å². The Bertz CT molecular complexity index is 602. The van der Waals surface area contributed by atoms with Gasteiger partial charge in [-0.2, -0.15) is 0 Å². The van der Waals surface area contributed by atoms with Crippen molar-refractivity contribution in [1.29, 1.82) is 0 Å². The van der Waals surface area contributed by atoms with Gasteiger partial charge in [0.1, 0.15) is 0 Å². The third-order valence-corrected chi connectivity index (χ3v) is 3.24. The molecule has 1 aromatic carbocycles. The monoisotopic (exact) mass is 412 g/mol. The molecule has 0 aliphatic carbocycles. The second-order valence-corrected chi connectivity index (χ2v) is 6.83. The van der Waals surface area contributed by atoms with Gasteiger partial charge in [-0.25, -0.2) is 5.48 Å². The molecule has 0 unspecified atom stereocenters. The standard InChI is InChI=1S/C10H14N2O.C5H11NO2.C5H11NO.CH4/c1-7(2)10(13)12-9-6-4-3-5-8(9)11;1-4(2)5(7)6-8-3;1-4(2)5(7)6-3;/h3-7H,11H2,1-2H3,(H,12,13);4H,1-3H3,(H,6,7);4H,1-3H3,(H,6,7);1H4. The Hall–Kier alpha value is -2.61. The maximum Gasteiger partial charge on any atom is 0.246 e. The number of rotatable bonds is 5. The van der Waals surface area contributed by atoms with E-state index >= 15 is 0 Å². The highest BCUT2D eigenvalue weighted by atomic mass is 16.6. The highest BCUT2D eigenvalue weighted by Crippen LogP contribution is 2.17. The summed E-state index contributed by atoms with van der Waals surface area (Å²) in [7, 11) is 3.06. The normalized spacial score (nSPS) is 9.34. The predicted molar refractivity (Wildman–Crippen MR) is 120 cm³/mol. The van der Waals surface area contributed by atoms with E-state index in [-0.39, 0.29) is 42.9 Å². The fourth-order valence-electron chi connectivity index (χ4n) is 1.40. The van der Waals surface area contributed by atoms with Crippen LogP contribution in [0.25, 0.3) is 0 Å². The zero-order valence-corrected chi connectivity index (χ0v) is 18.3. The van der Waals surface area contributed by atoms with Gasteiger partial charge in [0, 0.05) is 24.8 Å². The van der Waals surface area contributed by atoms with Crippen LogP contribution in [-0.4, -0.2) is 31.9 Å². The van der Waals surface area contributed by atoms with Crippen molar-refractivity contribution in [1.82, 2.24) is 10.8 Å². The highest BCUT2D eigenvalue weighted by Gasteiger charge is 2.07. The molecule has 5 N–H and O–H groups in total. The van der Waals surface area contributed by atoms with Gasteiger partial charge in [0.05, 0.1) is 18.5 Å². The smallest absolute Gasteiger partial charge is 0.246 e. The second kappa shape index (κ2) is 17.5. The summed E-state index contributed by atoms with van der Waals surface area (Å²) in [6.07, 6.45) is 0. The van der Waals surface area contributed by atoms with Crippen molar-refractivity contribution in [3.63, 3.8) is 0 Å². The summed E-state index contributed by atoms with van der Waals surface area (Å²) in [5.74, 6) is 0.0740. The van der Waals surface area contributed by atoms with E-state index in [2.05, 4.69) is 21.0 Å². The van der Waals surface area contributed by atoms with Gasteiger partial charge < -0.3 is 16.4 Å². The van der Waals surface area contributed by atoms with Gasteiger partial charge in [0.2, 0.25) is 17.7 Å². The van der Waals surface area contributed by atoms with E-state index in [1.54, 1.807) is 33.0 Å². The number of carbonyl (C=O) groups is 3. The molecule has 0 fully saturated rings. The molecule has 8 heteroatoms. The Morgan fingerprint density at radius 1 is 0.862 bits per heavy atom. The summed E-state index contributed by atoms with van der Waals surface area (Å²) < 4.78 is 0. The molecule has 29 heavy (non-hydrogen) atoms. The lowest BCUT2D eigenvalue weighted by Gasteiger charge is -2.09. The second-order valence-electron chi connectivity index (χ2n) is 6.83. The number of anilines is 2. The SMILES string of the molecule is C.CC(C)C(=O)Nc1ccccc1N.CNC(=O)C(C)C.CONC(=O)C(C)C. The molecule has 0 heterocycles. The Kier molecular flexibility index (Phi) is 18.7. The number of hydrogen-bond acceptors (Lipinski definition) is 5. The number of nitrogens with one attached hydrogen (secondary N) is 3. The minimum Gasteiger partial charge on any atom is -0.397 e. The van der Waals surface area contributed by atoms with Crippen LogP contribution in [0, 0.1) is 17.8 Å². The summed E-state index contributed by atoms with van der Waals surface area (Å²) in [6.45, 7) is 11.0. The first-order valence-corrected chi connectivity index (χ1v) is 9.17. The molecular weight excluding hydrogens is 372 g/mol. The van der Waals surface area contributed by atoms with E-state index < -0.39 is 0 Å². The molecule has 0 aromatic heterocycles. The van der Waals surface area contributed by atoms with E-state index in [9.17, 15) is 14.4 Å². The van der Waals surface area contributed by atoms with E-state index in [0.717, 1.165) is 0 Å². The van der Waals surface area contributed by atoms with Crippen molar-refractivity contribution < 1.29 is 19.2 Å². The summed E-state index contributed by atoms with van der Waals surface area (Å²) in [5, 5.41) is 5.27. The molecule has 0 radical (unpaired) electrons. The van der Waals surface area contributed by atoms with Gasteiger partial charge in [-0.05, 0) is 12.1 Å². The fourth-order valence-corrected chi connectivity index (χ4v) is 1.40. The Morgan fingerprint density at radius 3 is 1.59 bits per heavy atom. The van der Waals surface area contributed by atoms with Gasteiger partial charge in [0.25, 0.3) is 0 Å². The number of nitrogen functional groups attached to an aromatic ring is 1. The van der Waals surface area contributed by atoms with E-state index in [0.29, 0.717) is 11.4 Å². The fraction of sp³-hybridized carbons (Fsp3) is 0.571. The molecule has 0 saturated carbocycles. The molecule has 0 saturated heterocycles. The lowest BCUT2D eigenvalue weighted by Crippen LogP contribution is -2.26. The number of hydroxylamine groups is 1. The van der Waals surface area contributed by atoms with Crippen molar-refractivity contribution >= 4 is 29.1 Å². The highest BCUT2D eigenvalue weighted by molar-refractivity contribution is 5.94. The molecule has 8 nitrogen and oxygen atoms in total. The van der Waals surface area contributed by atoms with Crippen molar-refractivity contribution in [2.45, 2.75) is 49.0 Å². The van der Waals surface area contributed by atoms with Crippen LogP contribution in [-0.2, 0) is 19.2 Å². The van der Waals surface area contributed by atoms with Crippen molar-refractivity contribution in [3.05, 3.63) is 24.3 Å². The Balaban J connectivity index is -0.000000369. The Labute approximate surface area is 175 Å². The summed E-state index contributed by atoms with van der Waals surface area (Å²) in [5.41, 5.74) is 9.14. The van der Waals surface area contributed by atoms with Gasteiger partial charge in [-0.3, -0.25) is 19.2 Å². The number of hydrogen-bond donors (Lipinski definition) is 4. The van der Waals surface area contributed by atoms with Gasteiger partial charge in [-0.15, -0.1) is 0 Å². The third-order valence-electron chi connectivity index (χ3n) is 3.24. The average molecular weight is 413 g/mol. The number of para-hydroxylation sites is 2. The van der Waals surface area contributed by atoms with E-state index in [1.807, 2.05) is 39.8 Å². The van der Waals surface area contributed by atoms with Crippen molar-refractivity contribution in [2.75, 3.05) is 25.2 Å². The average Bonchev–Trinajstić information content (AvgIpc) is 2.63. The van der Waals surface area contributed by atoms with Crippen LogP contribution >= 0.6 is 0 Å². The minimum atomic E-state index is -0.0903. The van der Waals surface area contributed by atoms with Crippen LogP contribution in [0.2, 0.25) is 0 Å². The zero-order chi connectivity index (χ0) is 22.3. The molecule has 3 amide bonds. The molecule has 168 valence electrons. The third kappa shape index (κ3) is 16.1. The van der Waals surface area contributed by atoms with Gasteiger partial charge >= 0.3 is 0 Å². The maximum absolute atomic E-state index is 11.3. The quantitative estimate of drug-likeness (QED) is 0.437. The molecule has 1 rings (SSSR count). The molecule has 0 bridgehead atoms. The maximum atomic E-state index is 11.3. The van der Waals surface area contributed by atoms with Crippen LogP contribution in [0.5, 0.6) is 0 Å². The van der Waals surface area contributed by atoms with Gasteiger partial charge in [-0.1, -0.05) is 61.1 Å². The number of amides is 3. The number of benzene rings is 1. The first-order chi connectivity index (χ1) is 13.0. The summed E-state index contributed by atoms with van der Waals surface area (Å²) in [6, 6.07) is 7.22. The van der Waals surface area contributed by atoms with Crippen LogP contribution < -0.4 is 21.8 Å². The van der Waals surface area contributed by atoms with Crippen LogP contribution in [0.1, 0.15) is 49.0 Å². The number of carbonyl (C=O) groups excluding carboxylic acids is 3. The topological polar surface area (TPSA) is 123 Å². The predicted octanol–water partition coefficient (Wildman–Crippen LogP) is 3.21. The Morgan fingerprint density at radius 2 is 1.31 bits per heavy atom. The van der Waals surface area contributed by atoms with E-state index in [1.165, 1.54) is 7.11 Å². The van der Waals surface area contributed by atoms with Gasteiger partial charge in [0.15, 0.2) is 0 Å². The zero-order valence-electron chi connectivity index (χ0n) is 18.3. The first-order valence-electron chi connectivity index (χ1n) is 9.17. The summed E-state index contributed by atoms with van der Waals surface area (Å²) >= 11 is 0. The van der Waals surface area contributed by atoms with Crippen LogP contribution in [0.3, 0.4) is 0 Å². The van der Waals surface area contributed by atoms with Crippen LogP contribution in [0.15, 0.2) is 24.3 Å². The molecule has 0 atom stereocenters. The van der Waals surface area contributed by atoms with Crippen LogP contribution in [0.4, 0.5) is 11.4 Å². The minimum absolute atomic E-state index is 0. The molecule has 0 aliphatic heterocycles. The molecule has 0 spiro atoms. The first kappa shape index (κ1) is 31.1. The largest absolute Gasteiger partial charge is 0.397 e. The summed E-state index contributed by atoms with van der Waals surface area (Å²) in [4.78, 5) is 36.6. The lowest BCUT2D eigenvalue weighted by atomic mass is 10.2.